The fourth-order valence-corrected chi connectivity index (χ4v) is 2.62. The van der Waals surface area contributed by atoms with Crippen molar-refractivity contribution in [2.75, 3.05) is 66.2 Å². The molecule has 0 bridgehead atoms. The molecular weight excluding hydrogens is 292 g/mol. The van der Waals surface area contributed by atoms with Gasteiger partial charge in [-0.3, -0.25) is 4.99 Å². The first-order chi connectivity index (χ1) is 11.3. The molecule has 1 unspecified atom stereocenters. The Bertz CT molecular complexity index is 303. The van der Waals surface area contributed by atoms with E-state index < -0.39 is 0 Å². The van der Waals surface area contributed by atoms with Gasteiger partial charge in [0.15, 0.2) is 5.96 Å². The molecule has 1 fully saturated rings. The Balaban J connectivity index is 1.94. The van der Waals surface area contributed by atoms with E-state index in [2.05, 4.69) is 34.4 Å². The maximum Gasteiger partial charge on any atom is 0.190 e. The van der Waals surface area contributed by atoms with Crippen LogP contribution in [0, 0.1) is 5.92 Å². The van der Waals surface area contributed by atoms with Crippen LogP contribution in [0.5, 0.6) is 0 Å². The lowest BCUT2D eigenvalue weighted by molar-refractivity contribution is 0.0888. The lowest BCUT2D eigenvalue weighted by Crippen LogP contribution is -2.39. The summed E-state index contributed by atoms with van der Waals surface area (Å²) in [5, 5.41) is 6.70. The minimum Gasteiger partial charge on any atom is -0.381 e. The number of nitrogens with one attached hydrogen (secondary N) is 2. The second kappa shape index (κ2) is 13.6. The van der Waals surface area contributed by atoms with Gasteiger partial charge in [-0.05, 0) is 38.9 Å². The van der Waals surface area contributed by atoms with Crippen LogP contribution in [0.3, 0.4) is 0 Å². The largest absolute Gasteiger partial charge is 0.381 e. The molecule has 0 saturated carbocycles. The molecule has 1 rings (SSSR count). The number of ether oxygens (including phenoxy) is 2. The van der Waals surface area contributed by atoms with Crippen LogP contribution >= 0.6 is 0 Å². The molecule has 23 heavy (non-hydrogen) atoms. The highest BCUT2D eigenvalue weighted by Gasteiger charge is 2.15. The molecule has 0 radical (unpaired) electrons. The van der Waals surface area contributed by atoms with Gasteiger partial charge >= 0.3 is 0 Å². The summed E-state index contributed by atoms with van der Waals surface area (Å²) < 4.78 is 11.0. The van der Waals surface area contributed by atoms with E-state index in [1.165, 1.54) is 0 Å². The summed E-state index contributed by atoms with van der Waals surface area (Å²) in [6.45, 7) is 13.0. The fraction of sp³-hybridized carbons (Fsp3) is 0.941. The zero-order valence-corrected chi connectivity index (χ0v) is 15.3. The van der Waals surface area contributed by atoms with Gasteiger partial charge in [0.2, 0.25) is 0 Å². The average molecular weight is 329 g/mol. The highest BCUT2D eigenvalue weighted by Crippen LogP contribution is 2.12. The lowest BCUT2D eigenvalue weighted by atomic mass is 10.1. The van der Waals surface area contributed by atoms with Gasteiger partial charge in [0.05, 0.1) is 13.2 Å². The highest BCUT2D eigenvalue weighted by molar-refractivity contribution is 5.79. The zero-order chi connectivity index (χ0) is 16.8. The molecule has 1 heterocycles. The first kappa shape index (κ1) is 20.2. The maximum atomic E-state index is 5.70. The molecule has 1 aliphatic rings. The van der Waals surface area contributed by atoms with E-state index in [1.54, 1.807) is 0 Å². The number of aliphatic imine (C=N–C) groups is 1. The molecule has 6 nitrogen and oxygen atoms in total. The monoisotopic (exact) mass is 328 g/mol. The Morgan fingerprint density at radius 2 is 1.96 bits per heavy atom. The van der Waals surface area contributed by atoms with Crippen molar-refractivity contribution in [1.29, 1.82) is 0 Å². The summed E-state index contributed by atoms with van der Waals surface area (Å²) >= 11 is 0. The Morgan fingerprint density at radius 1 is 1.22 bits per heavy atom. The van der Waals surface area contributed by atoms with Gasteiger partial charge in [-0.25, -0.2) is 0 Å². The summed E-state index contributed by atoms with van der Waals surface area (Å²) in [5.74, 6) is 1.48. The van der Waals surface area contributed by atoms with Crippen molar-refractivity contribution >= 4 is 5.96 Å². The molecule has 0 aliphatic carbocycles. The van der Waals surface area contributed by atoms with E-state index >= 15 is 0 Å². The van der Waals surface area contributed by atoms with Crippen LogP contribution in [0.25, 0.3) is 0 Å². The smallest absolute Gasteiger partial charge is 0.190 e. The van der Waals surface area contributed by atoms with Crippen LogP contribution in [0.15, 0.2) is 4.99 Å². The SMILES string of the molecule is CCN(CC)CCCNC(=NC)NCCCOCC1CCOC1. The van der Waals surface area contributed by atoms with Gasteiger partial charge in [-0.2, -0.15) is 0 Å². The van der Waals surface area contributed by atoms with E-state index in [0.29, 0.717) is 5.92 Å². The van der Waals surface area contributed by atoms with Crippen molar-refractivity contribution < 1.29 is 9.47 Å². The fourth-order valence-electron chi connectivity index (χ4n) is 2.62. The third-order valence-corrected chi connectivity index (χ3v) is 4.20. The number of hydrogen-bond acceptors (Lipinski definition) is 4. The molecule has 0 aromatic heterocycles. The molecule has 1 atom stereocenters. The second-order valence-corrected chi connectivity index (χ2v) is 5.96. The molecule has 0 aromatic rings. The molecule has 0 spiro atoms. The predicted molar refractivity (Wildman–Crippen MR) is 96.1 cm³/mol. The maximum absolute atomic E-state index is 5.70. The Hall–Kier alpha value is -0.850. The Kier molecular flexibility index (Phi) is 11.9. The molecule has 0 amide bonds. The molecule has 136 valence electrons. The van der Waals surface area contributed by atoms with Crippen LogP contribution in [0.4, 0.5) is 0 Å². The standard InChI is InChI=1S/C17H36N4O2/c1-4-21(5-2)11-6-9-19-17(18-3)20-10-7-12-22-14-16-8-13-23-15-16/h16H,4-15H2,1-3H3,(H2,18,19,20). The number of nitrogens with zero attached hydrogens (tertiary/aromatic N) is 2. The van der Waals surface area contributed by atoms with Gasteiger partial charge in [0, 0.05) is 39.3 Å². The molecular formula is C17H36N4O2. The second-order valence-electron chi connectivity index (χ2n) is 5.96. The van der Waals surface area contributed by atoms with E-state index in [1.807, 2.05) is 7.05 Å². The Morgan fingerprint density at radius 3 is 2.57 bits per heavy atom. The first-order valence-corrected chi connectivity index (χ1v) is 9.12. The quantitative estimate of drug-likeness (QED) is 0.321. The van der Waals surface area contributed by atoms with Gasteiger partial charge in [-0.1, -0.05) is 13.8 Å². The summed E-state index contributed by atoms with van der Waals surface area (Å²) in [5.41, 5.74) is 0. The van der Waals surface area contributed by atoms with E-state index in [4.69, 9.17) is 9.47 Å². The van der Waals surface area contributed by atoms with E-state index in [0.717, 1.165) is 84.4 Å². The van der Waals surface area contributed by atoms with E-state index in [9.17, 15) is 0 Å². The lowest BCUT2D eigenvalue weighted by Gasteiger charge is -2.18. The Labute approximate surface area is 142 Å². The van der Waals surface area contributed by atoms with Gasteiger partial charge in [0.25, 0.3) is 0 Å². The number of rotatable bonds is 12. The minimum absolute atomic E-state index is 0.600. The van der Waals surface area contributed by atoms with E-state index in [-0.39, 0.29) is 0 Å². The van der Waals surface area contributed by atoms with Crippen molar-refractivity contribution in [1.82, 2.24) is 15.5 Å². The van der Waals surface area contributed by atoms with Gasteiger partial charge in [0.1, 0.15) is 0 Å². The van der Waals surface area contributed by atoms with Gasteiger partial charge < -0.3 is 25.0 Å². The summed E-state index contributed by atoms with van der Waals surface area (Å²) in [4.78, 5) is 6.68. The number of hydrogen-bond donors (Lipinski definition) is 2. The molecule has 1 aliphatic heterocycles. The first-order valence-electron chi connectivity index (χ1n) is 9.12. The predicted octanol–water partition coefficient (Wildman–Crippen LogP) is 1.33. The van der Waals surface area contributed by atoms with Crippen molar-refractivity contribution in [2.45, 2.75) is 33.1 Å². The van der Waals surface area contributed by atoms with Crippen LogP contribution in [-0.4, -0.2) is 77.1 Å². The van der Waals surface area contributed by atoms with Crippen molar-refractivity contribution in [3.05, 3.63) is 0 Å². The molecule has 1 saturated heterocycles. The normalized spacial score (nSPS) is 18.6. The van der Waals surface area contributed by atoms with Crippen LogP contribution < -0.4 is 10.6 Å². The topological polar surface area (TPSA) is 58.1 Å². The molecule has 0 aromatic carbocycles. The van der Waals surface area contributed by atoms with Crippen molar-refractivity contribution in [3.8, 4) is 0 Å². The van der Waals surface area contributed by atoms with Crippen molar-refractivity contribution in [3.63, 3.8) is 0 Å². The zero-order valence-electron chi connectivity index (χ0n) is 15.3. The molecule has 2 N–H and O–H groups in total. The minimum atomic E-state index is 0.600. The van der Waals surface area contributed by atoms with Crippen LogP contribution in [0.1, 0.15) is 33.1 Å². The van der Waals surface area contributed by atoms with Crippen molar-refractivity contribution in [2.24, 2.45) is 10.9 Å². The summed E-state index contributed by atoms with van der Waals surface area (Å²) in [6.07, 6.45) is 3.27. The average Bonchev–Trinajstić information content (AvgIpc) is 3.09. The highest BCUT2D eigenvalue weighted by atomic mass is 16.5. The van der Waals surface area contributed by atoms with Crippen LogP contribution in [-0.2, 0) is 9.47 Å². The molecule has 6 heteroatoms. The van der Waals surface area contributed by atoms with Crippen LogP contribution in [0.2, 0.25) is 0 Å². The third kappa shape index (κ3) is 9.79. The summed E-state index contributed by atoms with van der Waals surface area (Å²) in [6, 6.07) is 0. The third-order valence-electron chi connectivity index (χ3n) is 4.20. The number of guanidine groups is 1. The van der Waals surface area contributed by atoms with Gasteiger partial charge in [-0.15, -0.1) is 0 Å². The summed E-state index contributed by atoms with van der Waals surface area (Å²) in [7, 11) is 1.82.